The number of carboxylic acids is 1. The van der Waals surface area contributed by atoms with Crippen molar-refractivity contribution in [2.24, 2.45) is 0 Å². The fourth-order valence-corrected chi connectivity index (χ4v) is 2.99. The molecule has 1 aliphatic rings. The van der Waals surface area contributed by atoms with Gasteiger partial charge in [0.2, 0.25) is 5.91 Å². The van der Waals surface area contributed by atoms with Crippen LogP contribution >= 0.6 is 0 Å². The summed E-state index contributed by atoms with van der Waals surface area (Å²) in [5, 5.41) is 11.7. The lowest BCUT2D eigenvalue weighted by atomic mass is 10.0. The van der Waals surface area contributed by atoms with E-state index < -0.39 is 36.3 Å². The second-order valence-electron chi connectivity index (χ2n) is 6.37. The maximum absolute atomic E-state index is 12.4. The number of fused-ring (bicyclic) bond motifs is 1. The molecule has 3 amide bonds. The zero-order valence-corrected chi connectivity index (χ0v) is 14.6. The predicted octanol–water partition coefficient (Wildman–Crippen LogP) is 1.92. The molecule has 0 unspecified atom stereocenters. The summed E-state index contributed by atoms with van der Waals surface area (Å²) in [5.74, 6) is -2.73. The largest absolute Gasteiger partial charge is 0.481 e. The quantitative estimate of drug-likeness (QED) is 0.760. The van der Waals surface area contributed by atoms with Crippen molar-refractivity contribution in [3.8, 4) is 0 Å². The maximum Gasteiger partial charge on any atom is 0.305 e. The molecule has 7 nitrogen and oxygen atoms in total. The van der Waals surface area contributed by atoms with Crippen LogP contribution in [-0.4, -0.2) is 40.2 Å². The molecule has 1 aliphatic heterocycles. The number of hydrogen-bond donors (Lipinski definition) is 2. The molecule has 2 N–H and O–H groups in total. The highest BCUT2D eigenvalue weighted by Gasteiger charge is 2.36. The van der Waals surface area contributed by atoms with Gasteiger partial charge in [-0.2, -0.15) is 0 Å². The van der Waals surface area contributed by atoms with Crippen LogP contribution in [0.1, 0.15) is 44.3 Å². The van der Waals surface area contributed by atoms with Crippen LogP contribution in [-0.2, 0) is 9.59 Å². The number of aryl methyl sites for hydroxylation is 1. The molecular weight excluding hydrogens is 348 g/mol. The van der Waals surface area contributed by atoms with Gasteiger partial charge in [0.25, 0.3) is 11.8 Å². The third-order valence-electron chi connectivity index (χ3n) is 4.37. The van der Waals surface area contributed by atoms with Gasteiger partial charge in [-0.3, -0.25) is 24.1 Å². The highest BCUT2D eigenvalue weighted by atomic mass is 16.4. The van der Waals surface area contributed by atoms with Gasteiger partial charge in [0.05, 0.1) is 23.6 Å². The van der Waals surface area contributed by atoms with Crippen LogP contribution in [0.5, 0.6) is 0 Å². The normalized spacial score (nSPS) is 14.0. The zero-order valence-electron chi connectivity index (χ0n) is 14.6. The number of aliphatic carboxylic acids is 1. The maximum atomic E-state index is 12.4. The van der Waals surface area contributed by atoms with Gasteiger partial charge in [0.15, 0.2) is 0 Å². The lowest BCUT2D eigenvalue weighted by molar-refractivity contribution is -0.137. The molecule has 1 heterocycles. The number of carbonyl (C=O) groups is 4. The lowest BCUT2D eigenvalue weighted by Gasteiger charge is -2.20. The first kappa shape index (κ1) is 18.3. The number of rotatable bonds is 6. The predicted molar refractivity (Wildman–Crippen MR) is 96.1 cm³/mol. The molecule has 0 bridgehead atoms. The van der Waals surface area contributed by atoms with Crippen LogP contribution in [0.2, 0.25) is 0 Å². The van der Waals surface area contributed by atoms with Crippen molar-refractivity contribution in [3.63, 3.8) is 0 Å². The Kier molecular flexibility index (Phi) is 5.03. The Bertz CT molecular complexity index is 885. The van der Waals surface area contributed by atoms with Gasteiger partial charge in [-0.1, -0.05) is 42.0 Å². The van der Waals surface area contributed by atoms with E-state index in [2.05, 4.69) is 5.32 Å². The van der Waals surface area contributed by atoms with Crippen LogP contribution in [0.4, 0.5) is 0 Å². The number of nitrogens with one attached hydrogen (secondary N) is 1. The average molecular weight is 366 g/mol. The van der Waals surface area contributed by atoms with Gasteiger partial charge in [-0.05, 0) is 24.6 Å². The number of carboxylic acid groups (broad SMARTS) is 1. The molecule has 1 atom stereocenters. The first-order valence-electron chi connectivity index (χ1n) is 8.39. The molecule has 2 aromatic rings. The molecule has 7 heteroatoms. The van der Waals surface area contributed by atoms with Crippen molar-refractivity contribution < 1.29 is 24.3 Å². The summed E-state index contributed by atoms with van der Waals surface area (Å²) in [6.45, 7) is 1.44. The number of imide groups is 1. The fourth-order valence-electron chi connectivity index (χ4n) is 2.99. The van der Waals surface area contributed by atoms with Crippen LogP contribution in [0, 0.1) is 6.92 Å². The Morgan fingerprint density at radius 2 is 1.56 bits per heavy atom. The fraction of sp³-hybridized carbons (Fsp3) is 0.200. The average Bonchev–Trinajstić information content (AvgIpc) is 2.87. The van der Waals surface area contributed by atoms with Crippen molar-refractivity contribution in [1.29, 1.82) is 0 Å². The van der Waals surface area contributed by atoms with Gasteiger partial charge in [0.1, 0.15) is 6.54 Å². The standard InChI is InChI=1S/C20H18N2O5/c1-12-6-8-13(9-7-12)16(10-18(24)25)21-17(23)11-22-19(26)14-4-2-3-5-15(14)20(22)27/h2-9,16H,10-11H2,1H3,(H,21,23)(H,24,25)/t16-/m0/s1. The highest BCUT2D eigenvalue weighted by molar-refractivity contribution is 6.22. The SMILES string of the molecule is Cc1ccc([C@H](CC(=O)O)NC(=O)CN2C(=O)c3ccccc3C2=O)cc1. The van der Waals surface area contributed by atoms with Gasteiger partial charge in [-0.25, -0.2) is 0 Å². The van der Waals surface area contributed by atoms with Crippen LogP contribution in [0.3, 0.4) is 0 Å². The Morgan fingerprint density at radius 1 is 1.00 bits per heavy atom. The van der Waals surface area contributed by atoms with E-state index in [0.717, 1.165) is 10.5 Å². The highest BCUT2D eigenvalue weighted by Crippen LogP contribution is 2.22. The monoisotopic (exact) mass is 366 g/mol. The van der Waals surface area contributed by atoms with E-state index in [4.69, 9.17) is 5.11 Å². The van der Waals surface area contributed by atoms with E-state index in [1.165, 1.54) is 12.1 Å². The molecule has 0 fully saturated rings. The van der Waals surface area contributed by atoms with Gasteiger partial charge < -0.3 is 10.4 Å². The number of amides is 3. The lowest BCUT2D eigenvalue weighted by Crippen LogP contribution is -2.42. The van der Waals surface area contributed by atoms with Gasteiger partial charge >= 0.3 is 5.97 Å². The van der Waals surface area contributed by atoms with Crippen molar-refractivity contribution in [2.75, 3.05) is 6.54 Å². The smallest absolute Gasteiger partial charge is 0.305 e. The number of hydrogen-bond acceptors (Lipinski definition) is 4. The first-order valence-corrected chi connectivity index (χ1v) is 8.39. The third kappa shape index (κ3) is 3.87. The number of benzene rings is 2. The summed E-state index contributed by atoms with van der Waals surface area (Å²) in [6, 6.07) is 12.7. The van der Waals surface area contributed by atoms with Crippen LogP contribution in [0.25, 0.3) is 0 Å². The van der Waals surface area contributed by atoms with E-state index in [0.29, 0.717) is 5.56 Å². The molecule has 2 aromatic carbocycles. The Labute approximate surface area is 155 Å². The van der Waals surface area contributed by atoms with E-state index in [-0.39, 0.29) is 17.5 Å². The second-order valence-corrected chi connectivity index (χ2v) is 6.37. The van der Waals surface area contributed by atoms with E-state index in [1.54, 1.807) is 24.3 Å². The number of nitrogens with zero attached hydrogens (tertiary/aromatic N) is 1. The molecule has 27 heavy (non-hydrogen) atoms. The minimum absolute atomic E-state index is 0.260. The summed E-state index contributed by atoms with van der Waals surface area (Å²) < 4.78 is 0. The summed E-state index contributed by atoms with van der Waals surface area (Å²) in [5.41, 5.74) is 2.16. The molecule has 138 valence electrons. The molecule has 0 aliphatic carbocycles. The van der Waals surface area contributed by atoms with Crippen molar-refractivity contribution in [3.05, 3.63) is 70.8 Å². The minimum Gasteiger partial charge on any atom is -0.481 e. The first-order chi connectivity index (χ1) is 12.9. The molecule has 0 spiro atoms. The molecule has 0 saturated heterocycles. The van der Waals surface area contributed by atoms with Crippen LogP contribution in [0.15, 0.2) is 48.5 Å². The third-order valence-corrected chi connectivity index (χ3v) is 4.37. The van der Waals surface area contributed by atoms with E-state index in [1.807, 2.05) is 19.1 Å². The molecule has 3 rings (SSSR count). The van der Waals surface area contributed by atoms with Crippen molar-refractivity contribution in [2.45, 2.75) is 19.4 Å². The Morgan fingerprint density at radius 3 is 2.07 bits per heavy atom. The number of carbonyl (C=O) groups excluding carboxylic acids is 3. The summed E-state index contributed by atoms with van der Waals surface area (Å²) in [6.07, 6.45) is -0.309. The molecule has 0 radical (unpaired) electrons. The summed E-state index contributed by atoms with van der Waals surface area (Å²) >= 11 is 0. The van der Waals surface area contributed by atoms with Gasteiger partial charge in [-0.15, -0.1) is 0 Å². The van der Waals surface area contributed by atoms with Crippen molar-refractivity contribution in [1.82, 2.24) is 10.2 Å². The molecular formula is C20H18N2O5. The summed E-state index contributed by atoms with van der Waals surface area (Å²) in [7, 11) is 0. The van der Waals surface area contributed by atoms with Gasteiger partial charge in [0, 0.05) is 0 Å². The Balaban J connectivity index is 1.73. The molecule has 0 aromatic heterocycles. The minimum atomic E-state index is -1.07. The topological polar surface area (TPSA) is 104 Å². The zero-order chi connectivity index (χ0) is 19.6. The Hall–Kier alpha value is -3.48. The van der Waals surface area contributed by atoms with E-state index >= 15 is 0 Å². The van der Waals surface area contributed by atoms with E-state index in [9.17, 15) is 19.2 Å². The second kappa shape index (κ2) is 7.41. The van der Waals surface area contributed by atoms with Crippen LogP contribution < -0.4 is 5.32 Å². The van der Waals surface area contributed by atoms with Crippen molar-refractivity contribution >= 4 is 23.7 Å². The molecule has 0 saturated carbocycles. The summed E-state index contributed by atoms with van der Waals surface area (Å²) in [4.78, 5) is 49.1.